The Morgan fingerprint density at radius 1 is 1.24 bits per heavy atom. The molecule has 0 aliphatic heterocycles. The van der Waals surface area contributed by atoms with Crippen LogP contribution in [0, 0.1) is 19.7 Å². The van der Waals surface area contributed by atoms with Gasteiger partial charge in [0, 0.05) is 29.7 Å². The van der Waals surface area contributed by atoms with Crippen molar-refractivity contribution in [2.75, 3.05) is 7.11 Å². The number of rotatable bonds is 5. The number of imidazole rings is 1. The fourth-order valence-corrected chi connectivity index (χ4v) is 3.13. The normalized spacial score (nSPS) is 11.3. The highest BCUT2D eigenvalue weighted by molar-refractivity contribution is 5.64. The van der Waals surface area contributed by atoms with Crippen molar-refractivity contribution in [3.05, 3.63) is 53.4 Å². The van der Waals surface area contributed by atoms with Gasteiger partial charge in [0.05, 0.1) is 24.9 Å². The Balaban J connectivity index is 2.03. The van der Waals surface area contributed by atoms with Gasteiger partial charge in [-0.1, -0.05) is 0 Å². The Kier molecular flexibility index (Phi) is 4.61. The van der Waals surface area contributed by atoms with Crippen LogP contribution in [0.1, 0.15) is 36.8 Å². The summed E-state index contributed by atoms with van der Waals surface area (Å²) >= 11 is 0. The van der Waals surface area contributed by atoms with E-state index in [0.29, 0.717) is 29.7 Å². The number of methoxy groups -OCH3 is 1. The van der Waals surface area contributed by atoms with Crippen molar-refractivity contribution in [3.63, 3.8) is 0 Å². The molecule has 0 amide bonds. The summed E-state index contributed by atoms with van der Waals surface area (Å²) in [6.07, 6.45) is 3.61. The van der Waals surface area contributed by atoms with E-state index < -0.39 is 0 Å². The zero-order valence-corrected chi connectivity index (χ0v) is 15.2. The first kappa shape index (κ1) is 17.2. The highest BCUT2D eigenvalue weighted by Gasteiger charge is 2.17. The third-order valence-electron chi connectivity index (χ3n) is 4.41. The first-order valence-electron chi connectivity index (χ1n) is 8.32. The van der Waals surface area contributed by atoms with Crippen LogP contribution in [0.4, 0.5) is 4.39 Å². The first-order valence-corrected chi connectivity index (χ1v) is 8.32. The van der Waals surface area contributed by atoms with Crippen LogP contribution in [0.15, 0.2) is 30.6 Å². The molecule has 0 N–H and O–H groups in total. The predicted molar refractivity (Wildman–Crippen MR) is 95.4 cm³/mol. The SMILES string of the molecule is COc1ccc(F)cc1-c1nccn1Cc1c(C)nn(C(C)C)c1C. The van der Waals surface area contributed by atoms with Gasteiger partial charge in [-0.05, 0) is 45.9 Å². The lowest BCUT2D eigenvalue weighted by atomic mass is 10.1. The molecular weight excluding hydrogens is 319 g/mol. The quantitative estimate of drug-likeness (QED) is 0.700. The third-order valence-corrected chi connectivity index (χ3v) is 4.41. The number of ether oxygens (including phenoxy) is 1. The van der Waals surface area contributed by atoms with Gasteiger partial charge < -0.3 is 9.30 Å². The molecule has 0 unspecified atom stereocenters. The van der Waals surface area contributed by atoms with Crippen molar-refractivity contribution in [2.24, 2.45) is 0 Å². The van der Waals surface area contributed by atoms with Crippen LogP contribution in [0.25, 0.3) is 11.4 Å². The maximum atomic E-state index is 13.7. The van der Waals surface area contributed by atoms with Gasteiger partial charge in [0.2, 0.25) is 0 Å². The number of aryl methyl sites for hydroxylation is 1. The van der Waals surface area contributed by atoms with E-state index >= 15 is 0 Å². The molecule has 2 aromatic heterocycles. The summed E-state index contributed by atoms with van der Waals surface area (Å²) in [6.45, 7) is 8.95. The van der Waals surface area contributed by atoms with Gasteiger partial charge in [-0.2, -0.15) is 5.10 Å². The van der Waals surface area contributed by atoms with Gasteiger partial charge >= 0.3 is 0 Å². The Bertz CT molecular complexity index is 895. The number of hydrogen-bond acceptors (Lipinski definition) is 3. The monoisotopic (exact) mass is 342 g/mol. The number of hydrogen-bond donors (Lipinski definition) is 0. The zero-order valence-electron chi connectivity index (χ0n) is 15.2. The van der Waals surface area contributed by atoms with Gasteiger partial charge in [0.15, 0.2) is 0 Å². The van der Waals surface area contributed by atoms with Crippen LogP contribution < -0.4 is 4.74 Å². The fraction of sp³-hybridized carbons (Fsp3) is 0.368. The zero-order chi connectivity index (χ0) is 18.1. The van der Waals surface area contributed by atoms with E-state index in [2.05, 4.69) is 30.9 Å². The second-order valence-corrected chi connectivity index (χ2v) is 6.41. The van der Waals surface area contributed by atoms with Crippen molar-refractivity contribution < 1.29 is 9.13 Å². The van der Waals surface area contributed by atoms with Crippen molar-refractivity contribution in [1.29, 1.82) is 0 Å². The maximum absolute atomic E-state index is 13.7. The van der Waals surface area contributed by atoms with Crippen molar-refractivity contribution in [2.45, 2.75) is 40.3 Å². The van der Waals surface area contributed by atoms with Crippen LogP contribution in [0.5, 0.6) is 5.75 Å². The largest absolute Gasteiger partial charge is 0.496 e. The Labute approximate surface area is 147 Å². The highest BCUT2D eigenvalue weighted by atomic mass is 19.1. The smallest absolute Gasteiger partial charge is 0.144 e. The molecule has 0 saturated heterocycles. The summed E-state index contributed by atoms with van der Waals surface area (Å²) in [7, 11) is 1.57. The second-order valence-electron chi connectivity index (χ2n) is 6.41. The van der Waals surface area contributed by atoms with Gasteiger partial charge in [-0.15, -0.1) is 0 Å². The fourth-order valence-electron chi connectivity index (χ4n) is 3.13. The molecule has 3 aromatic rings. The van der Waals surface area contributed by atoms with Crippen molar-refractivity contribution in [1.82, 2.24) is 19.3 Å². The molecule has 0 spiro atoms. The average molecular weight is 342 g/mol. The summed E-state index contributed by atoms with van der Waals surface area (Å²) < 4.78 is 23.2. The summed E-state index contributed by atoms with van der Waals surface area (Å²) in [4.78, 5) is 4.42. The van der Waals surface area contributed by atoms with Crippen LogP contribution in [0.3, 0.4) is 0 Å². The lowest BCUT2D eigenvalue weighted by molar-refractivity contribution is 0.415. The molecule has 0 saturated carbocycles. The summed E-state index contributed by atoms with van der Waals surface area (Å²) in [6, 6.07) is 4.76. The third kappa shape index (κ3) is 3.16. The molecule has 6 heteroatoms. The van der Waals surface area contributed by atoms with E-state index in [1.165, 1.54) is 12.1 Å². The van der Waals surface area contributed by atoms with E-state index in [9.17, 15) is 4.39 Å². The number of aromatic nitrogens is 4. The molecule has 2 heterocycles. The topological polar surface area (TPSA) is 44.9 Å². The number of halogens is 1. The van der Waals surface area contributed by atoms with Crippen LogP contribution in [-0.2, 0) is 6.54 Å². The molecule has 5 nitrogen and oxygen atoms in total. The first-order chi connectivity index (χ1) is 11.9. The highest BCUT2D eigenvalue weighted by Crippen LogP contribution is 2.30. The molecule has 132 valence electrons. The summed E-state index contributed by atoms with van der Waals surface area (Å²) in [5.74, 6) is 0.956. The maximum Gasteiger partial charge on any atom is 0.144 e. The molecule has 0 bridgehead atoms. The lowest BCUT2D eigenvalue weighted by Crippen LogP contribution is -2.07. The molecule has 0 atom stereocenters. The molecule has 1 aromatic carbocycles. The van der Waals surface area contributed by atoms with E-state index in [1.807, 2.05) is 22.4 Å². The molecule has 25 heavy (non-hydrogen) atoms. The second kappa shape index (κ2) is 6.70. The van der Waals surface area contributed by atoms with Crippen LogP contribution in [0.2, 0.25) is 0 Å². The standard InChI is InChI=1S/C19H23FN4O/c1-12(2)24-14(4)17(13(3)22-24)11-23-9-8-21-19(23)16-10-15(20)6-7-18(16)25-5/h6-10,12H,11H2,1-5H3. The van der Waals surface area contributed by atoms with Crippen molar-refractivity contribution >= 4 is 0 Å². The van der Waals surface area contributed by atoms with Gasteiger partial charge in [0.25, 0.3) is 0 Å². The summed E-state index contributed by atoms with van der Waals surface area (Å²) in [5, 5.41) is 4.64. The number of benzene rings is 1. The Hall–Kier alpha value is -2.63. The van der Waals surface area contributed by atoms with Gasteiger partial charge in [0.1, 0.15) is 17.4 Å². The molecule has 0 radical (unpaired) electrons. The molecular formula is C19H23FN4O. The van der Waals surface area contributed by atoms with Crippen molar-refractivity contribution in [3.8, 4) is 17.1 Å². The van der Waals surface area contributed by atoms with Gasteiger partial charge in [-0.25, -0.2) is 9.37 Å². The van der Waals surface area contributed by atoms with Crippen LogP contribution >= 0.6 is 0 Å². The van der Waals surface area contributed by atoms with E-state index in [0.717, 1.165) is 17.0 Å². The molecule has 3 rings (SSSR count). The van der Waals surface area contributed by atoms with E-state index in [1.54, 1.807) is 19.4 Å². The van der Waals surface area contributed by atoms with Crippen LogP contribution in [-0.4, -0.2) is 26.4 Å². The predicted octanol–water partition coefficient (Wildman–Crippen LogP) is 4.14. The Morgan fingerprint density at radius 2 is 2.00 bits per heavy atom. The summed E-state index contributed by atoms with van der Waals surface area (Å²) in [5.41, 5.74) is 3.93. The number of nitrogens with zero attached hydrogens (tertiary/aromatic N) is 4. The minimum atomic E-state index is -0.315. The Morgan fingerprint density at radius 3 is 2.64 bits per heavy atom. The van der Waals surface area contributed by atoms with E-state index in [-0.39, 0.29) is 5.82 Å². The minimum absolute atomic E-state index is 0.304. The molecule has 0 aliphatic rings. The minimum Gasteiger partial charge on any atom is -0.496 e. The molecule has 0 aliphatic carbocycles. The van der Waals surface area contributed by atoms with E-state index in [4.69, 9.17) is 4.74 Å². The lowest BCUT2D eigenvalue weighted by Gasteiger charge is -2.12. The van der Waals surface area contributed by atoms with Gasteiger partial charge in [-0.3, -0.25) is 4.68 Å². The average Bonchev–Trinajstić information content (AvgIpc) is 3.14. The molecule has 0 fully saturated rings.